The third kappa shape index (κ3) is 5.89. The zero-order chi connectivity index (χ0) is 16.9. The first-order valence-electron chi connectivity index (χ1n) is 8.24. The molecule has 0 amide bonds. The molecule has 2 nitrogen and oxygen atoms in total. The average Bonchev–Trinajstić information content (AvgIpc) is 2.59. The van der Waals surface area contributed by atoms with Crippen molar-refractivity contribution in [1.29, 1.82) is 0 Å². The predicted octanol–water partition coefficient (Wildman–Crippen LogP) is 0.671. The number of aryl methyl sites for hydroxylation is 2. The molecule has 25 heavy (non-hydrogen) atoms. The first-order chi connectivity index (χ1) is 11.6. The second-order valence-electron chi connectivity index (χ2n) is 6.40. The van der Waals surface area contributed by atoms with Crippen LogP contribution in [0.25, 0.3) is 0 Å². The van der Waals surface area contributed by atoms with E-state index in [2.05, 4.69) is 112 Å². The number of hydrogen-bond acceptors (Lipinski definition) is 0. The average molecular weight is 510 g/mol. The Labute approximate surface area is 175 Å². The maximum atomic E-state index is 3.54. The van der Waals surface area contributed by atoms with Crippen LogP contribution >= 0.6 is 15.9 Å². The molecule has 0 aliphatic carbocycles. The lowest BCUT2D eigenvalue weighted by Gasteiger charge is -2.17. The number of aromatic nitrogens is 2. The van der Waals surface area contributed by atoms with Crippen molar-refractivity contribution in [2.24, 2.45) is 14.1 Å². The van der Waals surface area contributed by atoms with Gasteiger partial charge >= 0.3 is 0 Å². The molecule has 0 unspecified atom stereocenters. The molecular weight excluding hydrogens is 487 g/mol. The Bertz CT molecular complexity index is 736. The summed E-state index contributed by atoms with van der Waals surface area (Å²) in [6.45, 7) is 0. The monoisotopic (exact) mass is 509 g/mol. The molecule has 0 N–H and O–H groups in total. The van der Waals surface area contributed by atoms with Gasteiger partial charge in [-0.15, -0.1) is 0 Å². The molecule has 0 atom stereocenters. The molecule has 2 aromatic heterocycles. The number of halogens is 2. The Morgan fingerprint density at radius 1 is 0.720 bits per heavy atom. The van der Waals surface area contributed by atoms with Crippen molar-refractivity contribution in [1.82, 2.24) is 0 Å². The third-order valence-electron chi connectivity index (χ3n) is 4.40. The lowest BCUT2D eigenvalue weighted by molar-refractivity contribution is -0.671. The first-order valence-corrected chi connectivity index (χ1v) is 9.03. The van der Waals surface area contributed by atoms with E-state index in [0.29, 0.717) is 5.92 Å². The van der Waals surface area contributed by atoms with Gasteiger partial charge in [0.05, 0.1) is 0 Å². The van der Waals surface area contributed by atoms with Gasteiger partial charge in [-0.2, -0.15) is 0 Å². The largest absolute Gasteiger partial charge is 1.00 e. The van der Waals surface area contributed by atoms with Crippen LogP contribution < -0.4 is 33.1 Å². The van der Waals surface area contributed by atoms with Gasteiger partial charge in [-0.3, -0.25) is 0 Å². The van der Waals surface area contributed by atoms with Crippen LogP contribution in [0.1, 0.15) is 22.6 Å². The van der Waals surface area contributed by atoms with Crippen molar-refractivity contribution in [3.8, 4) is 0 Å². The number of pyridine rings is 2. The van der Waals surface area contributed by atoms with Crippen LogP contribution in [0.4, 0.5) is 0 Å². The summed E-state index contributed by atoms with van der Waals surface area (Å²) in [5, 5.41) is 0. The van der Waals surface area contributed by atoms with Gasteiger partial charge in [0.2, 0.25) is 0 Å². The second kappa shape index (κ2) is 9.43. The summed E-state index contributed by atoms with van der Waals surface area (Å²) >= 11 is 3.54. The Hall–Kier alpha value is -1.27. The van der Waals surface area contributed by atoms with Gasteiger partial charge in [-0.25, -0.2) is 9.13 Å². The van der Waals surface area contributed by atoms with Crippen molar-refractivity contribution in [3.63, 3.8) is 0 Å². The fourth-order valence-electron chi connectivity index (χ4n) is 2.95. The molecule has 0 aliphatic heterocycles. The van der Waals surface area contributed by atoms with Gasteiger partial charge in [-0.05, 0) is 47.6 Å². The molecule has 0 bridgehead atoms. The number of nitrogens with zero attached hydrogens (tertiary/aromatic N) is 2. The van der Waals surface area contributed by atoms with Crippen LogP contribution in [0.3, 0.4) is 0 Å². The van der Waals surface area contributed by atoms with E-state index in [0.717, 1.165) is 17.3 Å². The predicted molar refractivity (Wildman–Crippen MR) is 99.5 cm³/mol. The summed E-state index contributed by atoms with van der Waals surface area (Å²) in [6.07, 6.45) is 10.6. The minimum absolute atomic E-state index is 0. The van der Waals surface area contributed by atoms with Crippen LogP contribution in [0.5, 0.6) is 0 Å². The summed E-state index contributed by atoms with van der Waals surface area (Å²) in [4.78, 5) is 0. The molecule has 0 spiro atoms. The zero-order valence-electron chi connectivity index (χ0n) is 14.6. The minimum atomic E-state index is 0. The van der Waals surface area contributed by atoms with Gasteiger partial charge in [0.1, 0.15) is 14.1 Å². The highest BCUT2D eigenvalue weighted by molar-refractivity contribution is 9.10. The lowest BCUT2D eigenvalue weighted by atomic mass is 9.87. The van der Waals surface area contributed by atoms with Gasteiger partial charge in [0, 0.05) is 28.7 Å². The fourth-order valence-corrected chi connectivity index (χ4v) is 3.21. The van der Waals surface area contributed by atoms with Gasteiger partial charge in [0.15, 0.2) is 24.8 Å². The molecule has 2 heterocycles. The number of benzene rings is 1. The van der Waals surface area contributed by atoms with Crippen LogP contribution in [0.15, 0.2) is 77.8 Å². The molecule has 3 rings (SSSR count). The maximum absolute atomic E-state index is 3.54. The van der Waals surface area contributed by atoms with Crippen LogP contribution in [-0.4, -0.2) is 0 Å². The minimum Gasteiger partial charge on any atom is -1.00 e. The molecule has 0 saturated carbocycles. The quantitative estimate of drug-likeness (QED) is 0.353. The second-order valence-corrected chi connectivity index (χ2v) is 7.32. The van der Waals surface area contributed by atoms with E-state index in [4.69, 9.17) is 0 Å². The van der Waals surface area contributed by atoms with E-state index in [9.17, 15) is 0 Å². The van der Waals surface area contributed by atoms with Gasteiger partial charge in [-0.1, -0.05) is 28.1 Å². The maximum Gasteiger partial charge on any atom is 0.168 e. The topological polar surface area (TPSA) is 7.76 Å². The zero-order valence-corrected chi connectivity index (χ0v) is 18.3. The summed E-state index contributed by atoms with van der Waals surface area (Å²) in [5.41, 5.74) is 4.14. The van der Waals surface area contributed by atoms with Crippen molar-refractivity contribution >= 4 is 15.9 Å². The summed E-state index contributed by atoms with van der Waals surface area (Å²) in [6, 6.07) is 17.6. The normalized spacial score (nSPS) is 10.6. The third-order valence-corrected chi connectivity index (χ3v) is 4.93. The highest BCUT2D eigenvalue weighted by Crippen LogP contribution is 2.26. The van der Waals surface area contributed by atoms with Gasteiger partial charge in [0.25, 0.3) is 0 Å². The molecule has 0 radical (unpaired) electrons. The summed E-state index contributed by atoms with van der Waals surface area (Å²) in [5.74, 6) is 0.471. The van der Waals surface area contributed by atoms with Crippen LogP contribution in [0, 0.1) is 0 Å². The molecule has 0 fully saturated rings. The van der Waals surface area contributed by atoms with E-state index in [1.54, 1.807) is 0 Å². The molecule has 0 saturated heterocycles. The van der Waals surface area contributed by atoms with E-state index in [1.165, 1.54) is 16.7 Å². The van der Waals surface area contributed by atoms with E-state index < -0.39 is 0 Å². The number of hydrogen-bond donors (Lipinski definition) is 0. The molecular formula is C21H23BrIN2+. The van der Waals surface area contributed by atoms with E-state index in [-0.39, 0.29) is 24.0 Å². The SMILES string of the molecule is C[n+]1ccc(CC(Cc2cc[n+](C)cc2)c2ccc(Br)cc2)cc1.[I-]. The molecule has 3 aromatic rings. The summed E-state index contributed by atoms with van der Waals surface area (Å²) < 4.78 is 5.29. The lowest BCUT2D eigenvalue weighted by Crippen LogP contribution is -3.00. The molecule has 4 heteroatoms. The van der Waals surface area contributed by atoms with E-state index >= 15 is 0 Å². The Balaban J connectivity index is 0.00000225. The van der Waals surface area contributed by atoms with Crippen LogP contribution in [0.2, 0.25) is 0 Å². The Kier molecular flexibility index (Phi) is 7.56. The van der Waals surface area contributed by atoms with Crippen molar-refractivity contribution in [3.05, 3.63) is 94.5 Å². The molecule has 1 aromatic carbocycles. The highest BCUT2D eigenvalue weighted by Gasteiger charge is 2.15. The van der Waals surface area contributed by atoms with Crippen LogP contribution in [-0.2, 0) is 26.9 Å². The standard InChI is InChI=1S/C21H23BrN2.HI/c1-23-11-7-17(8-12-23)15-20(19-3-5-21(22)6-4-19)16-18-9-13-24(2)14-10-18;/h3-14,20H,15-16H2,1-2H3;1H/q+2;/p-1. The van der Waals surface area contributed by atoms with Crippen molar-refractivity contribution in [2.75, 3.05) is 0 Å². The van der Waals surface area contributed by atoms with E-state index in [1.807, 2.05) is 0 Å². The number of rotatable bonds is 5. The molecule has 0 aliphatic rings. The summed E-state index contributed by atoms with van der Waals surface area (Å²) in [7, 11) is 4.11. The van der Waals surface area contributed by atoms with Gasteiger partial charge < -0.3 is 24.0 Å². The first kappa shape index (κ1) is 20.0. The van der Waals surface area contributed by atoms with Crippen molar-refractivity contribution in [2.45, 2.75) is 18.8 Å². The Morgan fingerprint density at radius 3 is 1.52 bits per heavy atom. The smallest absolute Gasteiger partial charge is 0.168 e. The molecule has 130 valence electrons. The fraction of sp³-hybridized carbons (Fsp3) is 0.238. The van der Waals surface area contributed by atoms with Crippen molar-refractivity contribution < 1.29 is 33.1 Å². The highest BCUT2D eigenvalue weighted by atomic mass is 127. The Morgan fingerprint density at radius 2 is 1.12 bits per heavy atom.